The quantitative estimate of drug-likeness (QED) is 0.454. The summed E-state index contributed by atoms with van der Waals surface area (Å²) >= 11 is 6.53. The number of aryl methyl sites for hydroxylation is 1. The Morgan fingerprint density at radius 3 is 2.64 bits per heavy atom. The number of ether oxygens (including phenoxy) is 1. The fourth-order valence-electron chi connectivity index (χ4n) is 4.51. The molecule has 1 fully saturated rings. The zero-order chi connectivity index (χ0) is 23.5. The number of carbonyl (C=O) groups is 1. The highest BCUT2D eigenvalue weighted by atomic mass is 35.5. The number of nitrogens with zero attached hydrogens (tertiary/aromatic N) is 2. The lowest BCUT2D eigenvalue weighted by Gasteiger charge is -2.32. The summed E-state index contributed by atoms with van der Waals surface area (Å²) in [5, 5.41) is 4.83. The molecule has 1 N–H and O–H groups in total. The van der Waals surface area contributed by atoms with Gasteiger partial charge in [0, 0.05) is 25.0 Å². The number of nitrogens with one attached hydrogen (secondary N) is 1. The first-order chi connectivity index (χ1) is 15.7. The predicted molar refractivity (Wildman–Crippen MR) is 134 cm³/mol. The van der Waals surface area contributed by atoms with Gasteiger partial charge in [-0.1, -0.05) is 60.1 Å². The molecule has 2 aromatic carbocycles. The van der Waals surface area contributed by atoms with Crippen LogP contribution in [0.15, 0.2) is 60.7 Å². The molecular formula is C27H32ClN3O2. The molecule has 1 amide bonds. The van der Waals surface area contributed by atoms with Crippen molar-refractivity contribution in [3.63, 3.8) is 0 Å². The molecule has 2 heterocycles. The van der Waals surface area contributed by atoms with Crippen molar-refractivity contribution in [2.24, 2.45) is 0 Å². The minimum atomic E-state index is -0.542. The summed E-state index contributed by atoms with van der Waals surface area (Å²) in [6.45, 7) is 8.19. The lowest BCUT2D eigenvalue weighted by atomic mass is 9.90. The van der Waals surface area contributed by atoms with Gasteiger partial charge in [-0.3, -0.25) is 4.90 Å². The molecule has 4 rings (SSSR count). The van der Waals surface area contributed by atoms with Crippen molar-refractivity contribution < 1.29 is 9.53 Å². The van der Waals surface area contributed by atoms with E-state index in [1.807, 2.05) is 51.1 Å². The minimum absolute atomic E-state index is 0.369. The van der Waals surface area contributed by atoms with Crippen LogP contribution in [0.5, 0.6) is 0 Å². The van der Waals surface area contributed by atoms with E-state index >= 15 is 0 Å². The summed E-state index contributed by atoms with van der Waals surface area (Å²) in [6.07, 6.45) is 1.98. The van der Waals surface area contributed by atoms with Crippen LogP contribution in [0.3, 0.4) is 0 Å². The van der Waals surface area contributed by atoms with Gasteiger partial charge in [0.15, 0.2) is 0 Å². The highest BCUT2D eigenvalue weighted by molar-refractivity contribution is 6.30. The molecule has 0 aliphatic carbocycles. The number of hydrogen-bond donors (Lipinski definition) is 1. The average Bonchev–Trinajstić information content (AvgIpc) is 3.14. The zero-order valence-corrected chi connectivity index (χ0v) is 20.4. The van der Waals surface area contributed by atoms with Gasteiger partial charge in [0.1, 0.15) is 10.8 Å². The maximum Gasteiger partial charge on any atom is 0.408 e. The van der Waals surface area contributed by atoms with Gasteiger partial charge in [0.05, 0.1) is 11.1 Å². The van der Waals surface area contributed by atoms with Crippen molar-refractivity contribution >= 4 is 28.6 Å². The normalized spacial score (nSPS) is 19.0. The smallest absolute Gasteiger partial charge is 0.408 e. The van der Waals surface area contributed by atoms with E-state index in [2.05, 4.69) is 45.5 Å². The first kappa shape index (κ1) is 23.5. The van der Waals surface area contributed by atoms with E-state index in [0.717, 1.165) is 55.4 Å². The first-order valence-electron chi connectivity index (χ1n) is 11.5. The number of aromatic nitrogens is 1. The molecule has 33 heavy (non-hydrogen) atoms. The van der Waals surface area contributed by atoms with Gasteiger partial charge >= 0.3 is 6.09 Å². The summed E-state index contributed by atoms with van der Waals surface area (Å²) in [5.41, 5.74) is 2.24. The maximum atomic E-state index is 12.7. The highest BCUT2D eigenvalue weighted by Crippen LogP contribution is 2.30. The molecular weight excluding hydrogens is 434 g/mol. The van der Waals surface area contributed by atoms with Crippen molar-refractivity contribution in [3.05, 3.63) is 76.9 Å². The summed E-state index contributed by atoms with van der Waals surface area (Å²) in [6, 6.07) is 20.5. The van der Waals surface area contributed by atoms with Crippen LogP contribution in [0.2, 0.25) is 5.15 Å². The Bertz CT molecular complexity index is 1110. The van der Waals surface area contributed by atoms with E-state index in [1.165, 1.54) is 5.56 Å². The van der Waals surface area contributed by atoms with Gasteiger partial charge in [0.25, 0.3) is 0 Å². The molecule has 1 atom stereocenters. The molecule has 0 spiro atoms. The summed E-state index contributed by atoms with van der Waals surface area (Å²) in [5.74, 6) is 0. The van der Waals surface area contributed by atoms with Gasteiger partial charge in [0.2, 0.25) is 0 Å². The lowest BCUT2D eigenvalue weighted by Crippen LogP contribution is -2.52. The van der Waals surface area contributed by atoms with Crippen molar-refractivity contribution in [3.8, 4) is 0 Å². The van der Waals surface area contributed by atoms with Crippen LogP contribution in [0.1, 0.15) is 44.7 Å². The number of alkyl carbamates (subject to hydrolysis) is 1. The van der Waals surface area contributed by atoms with E-state index < -0.39 is 5.60 Å². The molecule has 1 saturated heterocycles. The monoisotopic (exact) mass is 465 g/mol. The number of fused-ring (bicyclic) bond motifs is 1. The van der Waals surface area contributed by atoms with Crippen LogP contribution in [-0.4, -0.2) is 40.2 Å². The largest absolute Gasteiger partial charge is 0.444 e. The Labute approximate surface area is 201 Å². The van der Waals surface area contributed by atoms with Gasteiger partial charge in [-0.05, 0) is 63.3 Å². The highest BCUT2D eigenvalue weighted by Gasteiger charge is 2.40. The van der Waals surface area contributed by atoms with Crippen molar-refractivity contribution in [1.82, 2.24) is 15.2 Å². The summed E-state index contributed by atoms with van der Waals surface area (Å²) < 4.78 is 5.60. The third-order valence-corrected chi connectivity index (χ3v) is 6.40. The van der Waals surface area contributed by atoms with Crippen LogP contribution >= 0.6 is 11.6 Å². The number of benzene rings is 2. The number of halogens is 1. The molecule has 0 radical (unpaired) electrons. The molecule has 0 bridgehead atoms. The molecule has 6 heteroatoms. The zero-order valence-electron chi connectivity index (χ0n) is 19.6. The van der Waals surface area contributed by atoms with E-state index in [1.54, 1.807) is 0 Å². The molecule has 5 nitrogen and oxygen atoms in total. The number of likely N-dealkylation sites (tertiary alicyclic amines) is 1. The topological polar surface area (TPSA) is 54.5 Å². The second-order valence-corrected chi connectivity index (χ2v) is 10.3. The molecule has 1 aliphatic heterocycles. The number of pyridine rings is 1. The first-order valence-corrected chi connectivity index (χ1v) is 11.9. The number of hydrogen-bond acceptors (Lipinski definition) is 4. The number of rotatable bonds is 6. The fraction of sp³-hybridized carbons (Fsp3) is 0.407. The van der Waals surface area contributed by atoms with Crippen LogP contribution in [0, 0.1) is 0 Å². The van der Waals surface area contributed by atoms with Gasteiger partial charge < -0.3 is 10.1 Å². The van der Waals surface area contributed by atoms with Gasteiger partial charge in [-0.15, -0.1) is 0 Å². The Morgan fingerprint density at radius 2 is 1.88 bits per heavy atom. The SMILES string of the molecule is CC(C)(C)OC(=O)NC1(CCc2cc3ccccc3nc2Cl)CCN(Cc2ccccc2)C1. The Balaban J connectivity index is 1.51. The summed E-state index contributed by atoms with van der Waals surface area (Å²) in [4.78, 5) is 19.7. The number of para-hydroxylation sites is 1. The van der Waals surface area contributed by atoms with Gasteiger partial charge in [-0.2, -0.15) is 0 Å². The standard InChI is InChI=1S/C27H32ClN3O2/c1-26(2,3)33-25(32)30-27(15-16-31(19-27)18-20-9-5-4-6-10-20)14-13-22-17-21-11-7-8-12-23(21)29-24(22)28/h4-12,17H,13-16,18-19H2,1-3H3,(H,30,32). The van der Waals surface area contributed by atoms with E-state index in [9.17, 15) is 4.79 Å². The second-order valence-electron chi connectivity index (χ2n) is 9.98. The Kier molecular flexibility index (Phi) is 6.91. The Morgan fingerprint density at radius 1 is 1.15 bits per heavy atom. The lowest BCUT2D eigenvalue weighted by molar-refractivity contribution is 0.0451. The maximum absolute atomic E-state index is 12.7. The fourth-order valence-corrected chi connectivity index (χ4v) is 4.75. The van der Waals surface area contributed by atoms with Crippen molar-refractivity contribution in [2.75, 3.05) is 13.1 Å². The van der Waals surface area contributed by atoms with E-state index in [0.29, 0.717) is 5.15 Å². The molecule has 1 aromatic heterocycles. The average molecular weight is 466 g/mol. The van der Waals surface area contributed by atoms with Crippen LogP contribution < -0.4 is 5.32 Å². The van der Waals surface area contributed by atoms with Crippen molar-refractivity contribution in [1.29, 1.82) is 0 Å². The number of amides is 1. The summed E-state index contributed by atoms with van der Waals surface area (Å²) in [7, 11) is 0. The van der Waals surface area contributed by atoms with Gasteiger partial charge in [-0.25, -0.2) is 9.78 Å². The third kappa shape index (κ3) is 6.24. The minimum Gasteiger partial charge on any atom is -0.444 e. The van der Waals surface area contributed by atoms with Crippen molar-refractivity contribution in [2.45, 2.75) is 57.7 Å². The molecule has 174 valence electrons. The van der Waals surface area contributed by atoms with E-state index in [-0.39, 0.29) is 11.6 Å². The van der Waals surface area contributed by atoms with Crippen LogP contribution in [0.25, 0.3) is 10.9 Å². The third-order valence-electron chi connectivity index (χ3n) is 6.07. The molecule has 0 saturated carbocycles. The molecule has 1 aliphatic rings. The second kappa shape index (κ2) is 9.70. The molecule has 1 unspecified atom stereocenters. The Hall–Kier alpha value is -2.63. The van der Waals surface area contributed by atoms with Crippen LogP contribution in [0.4, 0.5) is 4.79 Å². The molecule has 3 aromatic rings. The number of carbonyl (C=O) groups excluding carboxylic acids is 1. The van der Waals surface area contributed by atoms with E-state index in [4.69, 9.17) is 16.3 Å². The van der Waals surface area contributed by atoms with Crippen LogP contribution in [-0.2, 0) is 17.7 Å². The predicted octanol–water partition coefficient (Wildman–Crippen LogP) is 5.99.